The third-order valence-corrected chi connectivity index (χ3v) is 6.50. The Morgan fingerprint density at radius 2 is 1.93 bits per heavy atom. The molecule has 160 valence electrons. The van der Waals surface area contributed by atoms with Crippen molar-refractivity contribution in [3.05, 3.63) is 35.4 Å². The number of amides is 2. The Labute approximate surface area is 175 Å². The number of fused-ring (bicyclic) bond motifs is 1. The van der Waals surface area contributed by atoms with Gasteiger partial charge in [-0.1, -0.05) is 50.5 Å². The lowest BCUT2D eigenvalue weighted by Gasteiger charge is -2.38. The molecule has 29 heavy (non-hydrogen) atoms. The van der Waals surface area contributed by atoms with Crippen molar-refractivity contribution in [3.63, 3.8) is 0 Å². The summed E-state index contributed by atoms with van der Waals surface area (Å²) in [7, 11) is 0. The van der Waals surface area contributed by atoms with E-state index in [2.05, 4.69) is 41.4 Å². The van der Waals surface area contributed by atoms with Gasteiger partial charge in [0.15, 0.2) is 0 Å². The largest absolute Gasteiger partial charge is 0.356 e. The molecule has 3 rings (SSSR count). The van der Waals surface area contributed by atoms with E-state index < -0.39 is 0 Å². The third-order valence-electron chi connectivity index (χ3n) is 6.50. The Bertz CT molecular complexity index is 690. The zero-order valence-corrected chi connectivity index (χ0v) is 18.2. The lowest BCUT2D eigenvalue weighted by molar-refractivity contribution is -0.140. The van der Waals surface area contributed by atoms with E-state index in [9.17, 15) is 9.59 Å². The summed E-state index contributed by atoms with van der Waals surface area (Å²) < 4.78 is 0. The minimum atomic E-state index is -0.140. The van der Waals surface area contributed by atoms with Crippen molar-refractivity contribution < 1.29 is 9.59 Å². The molecule has 2 aliphatic rings. The quantitative estimate of drug-likeness (QED) is 0.682. The zero-order chi connectivity index (χ0) is 20.6. The second-order valence-corrected chi connectivity index (χ2v) is 8.64. The monoisotopic (exact) mass is 399 g/mol. The highest BCUT2D eigenvalue weighted by molar-refractivity contribution is 5.84. The van der Waals surface area contributed by atoms with E-state index in [1.54, 1.807) is 0 Å². The molecule has 5 heteroatoms. The number of hydrogen-bond donors (Lipinski definition) is 1. The molecule has 1 aromatic rings. The van der Waals surface area contributed by atoms with Gasteiger partial charge in [0, 0.05) is 32.7 Å². The summed E-state index contributed by atoms with van der Waals surface area (Å²) in [6, 6.07) is 8.38. The SMILES string of the molecule is CCCCCCNC(=O)C1CCCN(C(=O)C(C)N2CCc3ccccc3C2)C1. The van der Waals surface area contributed by atoms with Gasteiger partial charge in [-0.05, 0) is 43.7 Å². The van der Waals surface area contributed by atoms with E-state index in [-0.39, 0.29) is 23.8 Å². The molecule has 2 unspecified atom stereocenters. The molecule has 2 atom stereocenters. The summed E-state index contributed by atoms with van der Waals surface area (Å²) in [6.45, 7) is 8.05. The predicted molar refractivity (Wildman–Crippen MR) is 116 cm³/mol. The van der Waals surface area contributed by atoms with Gasteiger partial charge in [0.2, 0.25) is 11.8 Å². The van der Waals surface area contributed by atoms with Crippen LogP contribution in [-0.4, -0.2) is 53.8 Å². The first-order valence-electron chi connectivity index (χ1n) is 11.5. The number of piperidine rings is 1. The fourth-order valence-corrected chi connectivity index (χ4v) is 4.57. The average Bonchev–Trinajstić information content (AvgIpc) is 2.77. The molecule has 2 aliphatic heterocycles. The minimum absolute atomic E-state index is 0.0619. The third kappa shape index (κ3) is 5.81. The van der Waals surface area contributed by atoms with Gasteiger partial charge >= 0.3 is 0 Å². The van der Waals surface area contributed by atoms with Crippen LogP contribution in [0.25, 0.3) is 0 Å². The Hall–Kier alpha value is -1.88. The second-order valence-electron chi connectivity index (χ2n) is 8.64. The summed E-state index contributed by atoms with van der Waals surface area (Å²) in [6.07, 6.45) is 7.43. The highest BCUT2D eigenvalue weighted by Gasteiger charge is 2.33. The van der Waals surface area contributed by atoms with Crippen LogP contribution < -0.4 is 5.32 Å². The van der Waals surface area contributed by atoms with Crippen LogP contribution in [0.2, 0.25) is 0 Å². The van der Waals surface area contributed by atoms with Crippen LogP contribution in [0.5, 0.6) is 0 Å². The summed E-state index contributed by atoms with van der Waals surface area (Å²) in [5.41, 5.74) is 2.73. The van der Waals surface area contributed by atoms with Gasteiger partial charge in [-0.15, -0.1) is 0 Å². The molecule has 0 spiro atoms. The first kappa shape index (κ1) is 21.8. The maximum Gasteiger partial charge on any atom is 0.239 e. The smallest absolute Gasteiger partial charge is 0.239 e. The van der Waals surface area contributed by atoms with Crippen LogP contribution in [-0.2, 0) is 22.6 Å². The van der Waals surface area contributed by atoms with Crippen LogP contribution >= 0.6 is 0 Å². The average molecular weight is 400 g/mol. The van der Waals surface area contributed by atoms with E-state index in [1.807, 2.05) is 11.8 Å². The summed E-state index contributed by atoms with van der Waals surface area (Å²) >= 11 is 0. The van der Waals surface area contributed by atoms with Gasteiger partial charge in [0.25, 0.3) is 0 Å². The minimum Gasteiger partial charge on any atom is -0.356 e. The van der Waals surface area contributed by atoms with Gasteiger partial charge in [-0.2, -0.15) is 0 Å². The molecule has 5 nitrogen and oxygen atoms in total. The number of nitrogens with zero attached hydrogens (tertiary/aromatic N) is 2. The van der Waals surface area contributed by atoms with E-state index in [4.69, 9.17) is 0 Å². The number of benzene rings is 1. The van der Waals surface area contributed by atoms with Gasteiger partial charge < -0.3 is 10.2 Å². The van der Waals surface area contributed by atoms with E-state index in [1.165, 1.54) is 30.4 Å². The molecule has 1 aromatic carbocycles. The molecule has 2 heterocycles. The normalized spacial score (nSPS) is 20.8. The predicted octanol–water partition coefficient (Wildman–Crippen LogP) is 3.37. The molecular weight excluding hydrogens is 362 g/mol. The van der Waals surface area contributed by atoms with Gasteiger partial charge in [0.05, 0.1) is 12.0 Å². The molecule has 0 aromatic heterocycles. The van der Waals surface area contributed by atoms with Gasteiger partial charge in [-0.25, -0.2) is 0 Å². The van der Waals surface area contributed by atoms with Crippen LogP contribution in [0.3, 0.4) is 0 Å². The van der Waals surface area contributed by atoms with Crippen molar-refractivity contribution in [2.75, 3.05) is 26.2 Å². The molecule has 0 aliphatic carbocycles. The van der Waals surface area contributed by atoms with Crippen LogP contribution in [0.1, 0.15) is 63.5 Å². The maximum absolute atomic E-state index is 13.2. The highest BCUT2D eigenvalue weighted by atomic mass is 16.2. The standard InChI is InChI=1S/C24H37N3O2/c1-3-4-5-8-14-25-23(28)22-12-9-15-27(18-22)24(29)19(2)26-16-13-20-10-6-7-11-21(20)17-26/h6-7,10-11,19,22H,3-5,8-9,12-18H2,1-2H3,(H,25,28). The molecule has 1 N–H and O–H groups in total. The number of hydrogen-bond acceptors (Lipinski definition) is 3. The Morgan fingerprint density at radius 1 is 1.14 bits per heavy atom. The Kier molecular flexibility index (Phi) is 8.10. The molecule has 2 amide bonds. The van der Waals surface area contributed by atoms with Crippen molar-refractivity contribution in [2.45, 2.75) is 71.4 Å². The first-order valence-corrected chi connectivity index (χ1v) is 11.5. The Morgan fingerprint density at radius 3 is 2.72 bits per heavy atom. The highest BCUT2D eigenvalue weighted by Crippen LogP contribution is 2.23. The van der Waals surface area contributed by atoms with Gasteiger partial charge in [-0.3, -0.25) is 14.5 Å². The first-order chi connectivity index (χ1) is 14.1. The van der Waals surface area contributed by atoms with Crippen LogP contribution in [0.4, 0.5) is 0 Å². The summed E-state index contributed by atoms with van der Waals surface area (Å²) in [5.74, 6) is 0.233. The number of unbranched alkanes of at least 4 members (excludes halogenated alkanes) is 3. The Balaban J connectivity index is 1.49. The maximum atomic E-state index is 13.2. The number of likely N-dealkylation sites (tertiary alicyclic amines) is 1. The summed E-state index contributed by atoms with van der Waals surface area (Å²) in [4.78, 5) is 29.9. The molecule has 0 radical (unpaired) electrons. The van der Waals surface area contributed by atoms with E-state index in [0.717, 1.165) is 51.9 Å². The molecule has 1 saturated heterocycles. The number of carbonyl (C=O) groups is 2. The van der Waals surface area contributed by atoms with Crippen molar-refractivity contribution >= 4 is 11.8 Å². The number of carbonyl (C=O) groups excluding carboxylic acids is 2. The fourth-order valence-electron chi connectivity index (χ4n) is 4.57. The fraction of sp³-hybridized carbons (Fsp3) is 0.667. The lowest BCUT2D eigenvalue weighted by atomic mass is 9.95. The van der Waals surface area contributed by atoms with Crippen LogP contribution in [0, 0.1) is 5.92 Å². The molecule has 1 fully saturated rings. The molecule has 0 saturated carbocycles. The van der Waals surface area contributed by atoms with Gasteiger partial charge in [0.1, 0.15) is 0 Å². The zero-order valence-electron chi connectivity index (χ0n) is 18.2. The van der Waals surface area contributed by atoms with E-state index in [0.29, 0.717) is 6.54 Å². The second kappa shape index (κ2) is 10.8. The molecular formula is C24H37N3O2. The van der Waals surface area contributed by atoms with E-state index >= 15 is 0 Å². The summed E-state index contributed by atoms with van der Waals surface area (Å²) in [5, 5.41) is 3.09. The van der Waals surface area contributed by atoms with Crippen molar-refractivity contribution in [3.8, 4) is 0 Å². The lowest BCUT2D eigenvalue weighted by Crippen LogP contribution is -2.52. The number of rotatable bonds is 8. The van der Waals surface area contributed by atoms with Crippen molar-refractivity contribution in [1.82, 2.24) is 15.1 Å². The van der Waals surface area contributed by atoms with Crippen molar-refractivity contribution in [2.24, 2.45) is 5.92 Å². The van der Waals surface area contributed by atoms with Crippen molar-refractivity contribution in [1.29, 1.82) is 0 Å². The van der Waals surface area contributed by atoms with Crippen LogP contribution in [0.15, 0.2) is 24.3 Å². The number of nitrogens with one attached hydrogen (secondary N) is 1. The topological polar surface area (TPSA) is 52.7 Å². The molecule has 0 bridgehead atoms.